The maximum atomic E-state index is 12.2. The summed E-state index contributed by atoms with van der Waals surface area (Å²) in [5, 5.41) is 4.78. The molecule has 2 N–H and O–H groups in total. The van der Waals surface area contributed by atoms with Gasteiger partial charge in [0.05, 0.1) is 18.6 Å². The second kappa shape index (κ2) is 9.78. The fraction of sp³-hybridized carbons (Fsp3) is 0.471. The third-order valence-corrected chi connectivity index (χ3v) is 6.61. The molecule has 9 nitrogen and oxygen atoms in total. The number of sulfonamides is 1. The van der Waals surface area contributed by atoms with Crippen molar-refractivity contribution in [1.82, 2.24) is 5.32 Å². The lowest BCUT2D eigenvalue weighted by Gasteiger charge is -2.18. The lowest BCUT2D eigenvalue weighted by atomic mass is 10.2. The van der Waals surface area contributed by atoms with E-state index in [0.29, 0.717) is 30.8 Å². The van der Waals surface area contributed by atoms with Gasteiger partial charge in [-0.15, -0.1) is 0 Å². The lowest BCUT2D eigenvalue weighted by Crippen LogP contribution is -2.46. The molecule has 28 heavy (non-hydrogen) atoms. The highest BCUT2D eigenvalue weighted by atomic mass is 32.2. The van der Waals surface area contributed by atoms with E-state index in [1.165, 1.54) is 29.2 Å². The van der Waals surface area contributed by atoms with E-state index in [1.54, 1.807) is 18.2 Å². The van der Waals surface area contributed by atoms with Gasteiger partial charge >= 0.3 is 17.8 Å². The summed E-state index contributed by atoms with van der Waals surface area (Å²) in [5.74, 6) is -1.88. The van der Waals surface area contributed by atoms with E-state index in [9.17, 15) is 22.8 Å². The van der Waals surface area contributed by atoms with Crippen molar-refractivity contribution in [2.24, 2.45) is 0 Å². The lowest BCUT2D eigenvalue weighted by molar-refractivity contribution is -0.146. The number of benzene rings is 1. The van der Waals surface area contributed by atoms with E-state index in [2.05, 4.69) is 15.4 Å². The number of methoxy groups -OCH3 is 1. The van der Waals surface area contributed by atoms with Gasteiger partial charge in [0.15, 0.2) is 0 Å². The summed E-state index contributed by atoms with van der Waals surface area (Å²) in [6.07, 6.45) is 2.72. The van der Waals surface area contributed by atoms with Crippen LogP contribution >= 0.6 is 11.8 Å². The summed E-state index contributed by atoms with van der Waals surface area (Å²) >= 11 is 1.50. The number of anilines is 2. The van der Waals surface area contributed by atoms with Crippen LogP contribution in [0.15, 0.2) is 24.3 Å². The number of ether oxygens (including phenoxy) is 1. The Hall–Kier alpha value is -2.27. The van der Waals surface area contributed by atoms with Crippen molar-refractivity contribution in [2.75, 3.05) is 41.0 Å². The molecule has 1 aromatic carbocycles. The summed E-state index contributed by atoms with van der Waals surface area (Å²) in [4.78, 5) is 36.1. The molecular formula is C17H23N3O6S2. The first-order valence-electron chi connectivity index (χ1n) is 8.57. The first-order valence-corrected chi connectivity index (χ1v) is 11.6. The van der Waals surface area contributed by atoms with Crippen LogP contribution in [0.1, 0.15) is 12.8 Å². The summed E-state index contributed by atoms with van der Waals surface area (Å²) < 4.78 is 30.0. The minimum atomic E-state index is -3.35. The zero-order valence-corrected chi connectivity index (χ0v) is 17.3. The van der Waals surface area contributed by atoms with Crippen molar-refractivity contribution in [3.05, 3.63) is 24.3 Å². The molecule has 1 aliphatic heterocycles. The highest BCUT2D eigenvalue weighted by molar-refractivity contribution is 7.98. The van der Waals surface area contributed by atoms with Gasteiger partial charge in [0.25, 0.3) is 0 Å². The highest BCUT2D eigenvalue weighted by Crippen LogP contribution is 2.26. The fourth-order valence-electron chi connectivity index (χ4n) is 2.71. The van der Waals surface area contributed by atoms with Gasteiger partial charge in [-0.25, -0.2) is 13.2 Å². The van der Waals surface area contributed by atoms with Crippen LogP contribution in [0.5, 0.6) is 0 Å². The standard InChI is InChI=1S/C17H23N3O6S2/c1-26-17(23)14(7-9-27-2)19-16(22)15(21)18-12-5-3-6-13(11-12)20-8-4-10-28(20,24)25/h3,5-6,11,14H,4,7-10H2,1-2H3,(H,18,21)(H,19,22)/t14-/m1/s1. The van der Waals surface area contributed by atoms with Crippen LogP contribution in [0.2, 0.25) is 0 Å². The smallest absolute Gasteiger partial charge is 0.328 e. The van der Waals surface area contributed by atoms with E-state index in [1.807, 2.05) is 6.26 Å². The predicted molar refractivity (Wildman–Crippen MR) is 108 cm³/mol. The van der Waals surface area contributed by atoms with Gasteiger partial charge in [0, 0.05) is 12.2 Å². The van der Waals surface area contributed by atoms with Crippen LogP contribution in [0.4, 0.5) is 11.4 Å². The van der Waals surface area contributed by atoms with Crippen molar-refractivity contribution in [2.45, 2.75) is 18.9 Å². The number of hydrogen-bond acceptors (Lipinski definition) is 7. The zero-order valence-electron chi connectivity index (χ0n) is 15.6. The van der Waals surface area contributed by atoms with E-state index in [0.717, 1.165) is 0 Å². The Bertz CT molecular complexity index is 843. The molecule has 0 aromatic heterocycles. The molecule has 11 heteroatoms. The van der Waals surface area contributed by atoms with Crippen molar-refractivity contribution in [3.8, 4) is 0 Å². The number of esters is 1. The van der Waals surface area contributed by atoms with Crippen LogP contribution in [-0.4, -0.2) is 63.7 Å². The normalized spacial score (nSPS) is 16.3. The summed E-state index contributed by atoms with van der Waals surface area (Å²) in [6.45, 7) is 0.371. The molecular weight excluding hydrogens is 406 g/mol. The van der Waals surface area contributed by atoms with Crippen molar-refractivity contribution in [3.63, 3.8) is 0 Å². The van der Waals surface area contributed by atoms with Crippen molar-refractivity contribution >= 4 is 50.9 Å². The molecule has 154 valence electrons. The third kappa shape index (κ3) is 5.61. The molecule has 1 fully saturated rings. The molecule has 0 saturated carbocycles. The number of carbonyl (C=O) groups is 3. The number of nitrogens with zero attached hydrogens (tertiary/aromatic N) is 1. The Morgan fingerprint density at radius 1 is 1.29 bits per heavy atom. The summed E-state index contributed by atoms with van der Waals surface area (Å²) in [6, 6.07) is 5.32. The van der Waals surface area contributed by atoms with Crippen LogP contribution < -0.4 is 14.9 Å². The Kier molecular flexibility index (Phi) is 7.69. The number of amides is 2. The number of nitrogens with one attached hydrogen (secondary N) is 2. The predicted octanol–water partition coefficient (Wildman–Crippen LogP) is 0.576. The quantitative estimate of drug-likeness (QED) is 0.480. The highest BCUT2D eigenvalue weighted by Gasteiger charge is 2.29. The number of hydrogen-bond donors (Lipinski definition) is 2. The molecule has 0 spiro atoms. The topological polar surface area (TPSA) is 122 Å². The van der Waals surface area contributed by atoms with E-state index in [4.69, 9.17) is 0 Å². The Labute approximate surface area is 168 Å². The van der Waals surface area contributed by atoms with E-state index >= 15 is 0 Å². The van der Waals surface area contributed by atoms with Crippen LogP contribution in [0, 0.1) is 0 Å². The molecule has 0 unspecified atom stereocenters. The summed E-state index contributed by atoms with van der Waals surface area (Å²) in [7, 11) is -2.14. The Balaban J connectivity index is 2.04. The molecule has 2 amide bonds. The van der Waals surface area contributed by atoms with Gasteiger partial charge in [-0.3, -0.25) is 13.9 Å². The van der Waals surface area contributed by atoms with Gasteiger partial charge in [-0.05, 0) is 43.0 Å². The van der Waals surface area contributed by atoms with E-state index < -0.39 is 33.8 Å². The van der Waals surface area contributed by atoms with Gasteiger partial charge in [-0.2, -0.15) is 11.8 Å². The number of rotatable bonds is 7. The first-order chi connectivity index (χ1) is 13.3. The largest absolute Gasteiger partial charge is 0.467 e. The second-order valence-corrected chi connectivity index (χ2v) is 9.08. The van der Waals surface area contributed by atoms with Crippen molar-refractivity contribution in [1.29, 1.82) is 0 Å². The Morgan fingerprint density at radius 3 is 2.64 bits per heavy atom. The maximum Gasteiger partial charge on any atom is 0.328 e. The SMILES string of the molecule is COC(=O)[C@@H](CCSC)NC(=O)C(=O)Nc1cccc(N2CCCS2(=O)=O)c1. The fourth-order valence-corrected chi connectivity index (χ4v) is 4.73. The number of carbonyl (C=O) groups excluding carboxylic acids is 3. The third-order valence-electron chi connectivity index (χ3n) is 4.10. The van der Waals surface area contributed by atoms with Gasteiger partial charge in [-0.1, -0.05) is 6.07 Å². The molecule has 0 bridgehead atoms. The zero-order chi connectivity index (χ0) is 20.7. The average Bonchev–Trinajstić information content (AvgIpc) is 3.03. The monoisotopic (exact) mass is 429 g/mol. The first kappa shape index (κ1) is 22.0. The molecule has 0 aliphatic carbocycles. The van der Waals surface area contributed by atoms with Gasteiger partial charge in [0.2, 0.25) is 10.0 Å². The van der Waals surface area contributed by atoms with Crippen molar-refractivity contribution < 1.29 is 27.5 Å². The molecule has 1 aromatic rings. The van der Waals surface area contributed by atoms with E-state index in [-0.39, 0.29) is 11.4 Å². The van der Waals surface area contributed by atoms with Crippen LogP contribution in [-0.2, 0) is 29.1 Å². The molecule has 1 atom stereocenters. The second-order valence-electron chi connectivity index (χ2n) is 6.08. The number of thioether (sulfide) groups is 1. The maximum absolute atomic E-state index is 12.2. The molecule has 0 radical (unpaired) electrons. The Morgan fingerprint density at radius 2 is 2.04 bits per heavy atom. The molecule has 2 rings (SSSR count). The average molecular weight is 430 g/mol. The van der Waals surface area contributed by atoms with Crippen LogP contribution in [0.25, 0.3) is 0 Å². The van der Waals surface area contributed by atoms with Gasteiger partial charge < -0.3 is 15.4 Å². The molecule has 1 heterocycles. The molecule has 1 aliphatic rings. The minimum Gasteiger partial charge on any atom is -0.467 e. The summed E-state index contributed by atoms with van der Waals surface area (Å²) in [5.41, 5.74) is 0.696. The minimum absolute atomic E-state index is 0.0803. The van der Waals surface area contributed by atoms with Gasteiger partial charge in [0.1, 0.15) is 6.04 Å². The molecule has 1 saturated heterocycles. The van der Waals surface area contributed by atoms with Crippen LogP contribution in [0.3, 0.4) is 0 Å².